The largest absolute Gasteiger partial charge is 0.480 e. The van der Waals surface area contributed by atoms with Crippen LogP contribution < -0.4 is 5.32 Å². The number of hydrogen-bond acceptors (Lipinski definition) is 3. The molecule has 0 aromatic heterocycles. The minimum Gasteiger partial charge on any atom is -0.480 e. The van der Waals surface area contributed by atoms with Crippen molar-refractivity contribution in [2.75, 3.05) is 5.75 Å². The first-order valence-electron chi connectivity index (χ1n) is 4.99. The molecular formula is C11H11BrFNO3S. The van der Waals surface area contributed by atoms with Gasteiger partial charge in [-0.2, -0.15) is 11.8 Å². The number of halogens is 2. The summed E-state index contributed by atoms with van der Waals surface area (Å²) in [6, 6.07) is 3.75. The Balaban J connectivity index is 2.52. The molecule has 1 atom stereocenters. The fourth-order valence-corrected chi connectivity index (χ4v) is 2.86. The monoisotopic (exact) mass is 335 g/mol. The Labute approximate surface area is 116 Å². The van der Waals surface area contributed by atoms with Crippen molar-refractivity contribution >= 4 is 40.1 Å². The molecule has 0 bridgehead atoms. The highest BCUT2D eigenvalue weighted by molar-refractivity contribution is 9.10. The maximum Gasteiger partial charge on any atom is 0.327 e. The van der Waals surface area contributed by atoms with E-state index in [2.05, 4.69) is 21.2 Å². The third-order valence-electron chi connectivity index (χ3n) is 2.14. The maximum absolute atomic E-state index is 13.2. The van der Waals surface area contributed by atoms with Crippen LogP contribution in [0.5, 0.6) is 0 Å². The van der Waals surface area contributed by atoms with E-state index in [9.17, 15) is 14.0 Å². The van der Waals surface area contributed by atoms with Gasteiger partial charge in [-0.25, -0.2) is 9.18 Å². The molecule has 4 nitrogen and oxygen atoms in total. The summed E-state index contributed by atoms with van der Waals surface area (Å²) in [6.07, 6.45) is 0.359. The van der Waals surface area contributed by atoms with Gasteiger partial charge in [-0.3, -0.25) is 4.79 Å². The van der Waals surface area contributed by atoms with Crippen LogP contribution in [0.4, 0.5) is 4.39 Å². The lowest BCUT2D eigenvalue weighted by atomic mass is 10.2. The molecule has 0 saturated heterocycles. The molecule has 7 heteroatoms. The number of thioether (sulfide) groups is 1. The number of carbonyl (C=O) groups is 2. The van der Waals surface area contributed by atoms with Gasteiger partial charge in [0.15, 0.2) is 0 Å². The first-order chi connectivity index (χ1) is 8.56. The van der Waals surface area contributed by atoms with E-state index in [1.54, 1.807) is 12.1 Å². The summed E-state index contributed by atoms with van der Waals surface area (Å²) in [7, 11) is 0. The van der Waals surface area contributed by atoms with E-state index in [4.69, 9.17) is 5.11 Å². The highest BCUT2D eigenvalue weighted by Crippen LogP contribution is 2.24. The lowest BCUT2D eigenvalue weighted by Crippen LogP contribution is -2.37. The van der Waals surface area contributed by atoms with Gasteiger partial charge in [-0.05, 0) is 27.6 Å². The summed E-state index contributed by atoms with van der Waals surface area (Å²) in [5.74, 6) is -0.763. The Morgan fingerprint density at radius 3 is 2.94 bits per heavy atom. The van der Waals surface area contributed by atoms with Gasteiger partial charge in [0.1, 0.15) is 11.9 Å². The topological polar surface area (TPSA) is 66.4 Å². The molecule has 0 radical (unpaired) electrons. The number of carboxylic acid groups (broad SMARTS) is 1. The van der Waals surface area contributed by atoms with E-state index in [-0.39, 0.29) is 11.6 Å². The Morgan fingerprint density at radius 2 is 2.33 bits per heavy atom. The molecule has 1 amide bonds. The van der Waals surface area contributed by atoms with Crippen LogP contribution in [-0.4, -0.2) is 29.3 Å². The van der Waals surface area contributed by atoms with Crippen LogP contribution in [-0.2, 0) is 15.3 Å². The molecule has 1 aromatic rings. The average molecular weight is 336 g/mol. The molecule has 98 valence electrons. The van der Waals surface area contributed by atoms with Gasteiger partial charge in [0.25, 0.3) is 0 Å². The van der Waals surface area contributed by atoms with Crippen molar-refractivity contribution in [3.05, 3.63) is 34.1 Å². The SMILES string of the molecule is O=CNC(CSCc1cccc(F)c1Br)C(=O)O. The number of carboxylic acids is 1. The molecule has 1 aromatic carbocycles. The maximum atomic E-state index is 13.2. The lowest BCUT2D eigenvalue weighted by Gasteiger charge is -2.11. The van der Waals surface area contributed by atoms with Gasteiger partial charge in [0.05, 0.1) is 4.47 Å². The van der Waals surface area contributed by atoms with Gasteiger partial charge < -0.3 is 10.4 Å². The Hall–Kier alpha value is -1.08. The molecular weight excluding hydrogens is 325 g/mol. The molecule has 0 saturated carbocycles. The Morgan fingerprint density at radius 1 is 1.61 bits per heavy atom. The van der Waals surface area contributed by atoms with Gasteiger partial charge in [0, 0.05) is 11.5 Å². The second-order valence-electron chi connectivity index (χ2n) is 3.40. The summed E-state index contributed by atoms with van der Waals surface area (Å²) in [6.45, 7) is 0. The quantitative estimate of drug-likeness (QED) is 0.748. The lowest BCUT2D eigenvalue weighted by molar-refractivity contribution is -0.139. The highest BCUT2D eigenvalue weighted by Gasteiger charge is 2.16. The van der Waals surface area contributed by atoms with Crippen molar-refractivity contribution in [2.24, 2.45) is 0 Å². The molecule has 0 fully saturated rings. The summed E-state index contributed by atoms with van der Waals surface area (Å²) >= 11 is 4.44. The molecule has 18 heavy (non-hydrogen) atoms. The first-order valence-corrected chi connectivity index (χ1v) is 6.94. The van der Waals surface area contributed by atoms with Gasteiger partial charge in [-0.15, -0.1) is 0 Å². The zero-order valence-electron chi connectivity index (χ0n) is 9.23. The van der Waals surface area contributed by atoms with Gasteiger partial charge in [0.2, 0.25) is 6.41 Å². The molecule has 1 unspecified atom stereocenters. The number of rotatable bonds is 7. The second kappa shape index (κ2) is 7.38. The minimum atomic E-state index is -1.09. The Kier molecular flexibility index (Phi) is 6.14. The zero-order valence-corrected chi connectivity index (χ0v) is 11.6. The number of carbonyl (C=O) groups excluding carboxylic acids is 1. The normalized spacial score (nSPS) is 11.9. The van der Waals surface area contributed by atoms with Crippen LogP contribution in [0.25, 0.3) is 0 Å². The third kappa shape index (κ3) is 4.30. The molecule has 2 N–H and O–H groups in total. The fourth-order valence-electron chi connectivity index (χ4n) is 1.22. The van der Waals surface area contributed by atoms with Crippen LogP contribution in [0, 0.1) is 5.82 Å². The highest BCUT2D eigenvalue weighted by atomic mass is 79.9. The van der Waals surface area contributed by atoms with E-state index >= 15 is 0 Å². The van der Waals surface area contributed by atoms with E-state index in [0.29, 0.717) is 16.6 Å². The Bertz CT molecular complexity index is 444. The smallest absolute Gasteiger partial charge is 0.327 e. The molecule has 0 aliphatic carbocycles. The standard InChI is InChI=1S/C11H11BrFNO3S/c12-10-7(2-1-3-8(10)13)4-18-5-9(11(16)17)14-6-15/h1-3,6,9H,4-5H2,(H,14,15)(H,16,17). The number of nitrogens with one attached hydrogen (secondary N) is 1. The van der Waals surface area contributed by atoms with Crippen molar-refractivity contribution in [2.45, 2.75) is 11.8 Å². The molecule has 0 spiro atoms. The van der Waals surface area contributed by atoms with Crippen molar-refractivity contribution in [1.29, 1.82) is 0 Å². The molecule has 0 aliphatic heterocycles. The fraction of sp³-hybridized carbons (Fsp3) is 0.273. The number of hydrogen-bond donors (Lipinski definition) is 2. The summed E-state index contributed by atoms with van der Waals surface area (Å²) < 4.78 is 13.6. The van der Waals surface area contributed by atoms with E-state index in [1.807, 2.05) is 0 Å². The van der Waals surface area contributed by atoms with Crippen molar-refractivity contribution in [1.82, 2.24) is 5.32 Å². The van der Waals surface area contributed by atoms with E-state index in [1.165, 1.54) is 17.8 Å². The van der Waals surface area contributed by atoms with Crippen LogP contribution >= 0.6 is 27.7 Å². The van der Waals surface area contributed by atoms with Crippen LogP contribution in [0.15, 0.2) is 22.7 Å². The summed E-state index contributed by atoms with van der Waals surface area (Å²) in [5, 5.41) is 11.0. The van der Waals surface area contributed by atoms with E-state index in [0.717, 1.165) is 5.56 Å². The van der Waals surface area contributed by atoms with Crippen LogP contribution in [0.1, 0.15) is 5.56 Å². The predicted octanol–water partition coefficient (Wildman–Crippen LogP) is 2.02. The first kappa shape index (κ1) is 15.0. The predicted molar refractivity (Wildman–Crippen MR) is 70.9 cm³/mol. The number of benzene rings is 1. The van der Waals surface area contributed by atoms with Gasteiger partial charge >= 0.3 is 5.97 Å². The minimum absolute atomic E-state index is 0.219. The number of amides is 1. The number of aliphatic carboxylic acids is 1. The van der Waals surface area contributed by atoms with Crippen molar-refractivity contribution < 1.29 is 19.1 Å². The van der Waals surface area contributed by atoms with Crippen molar-refractivity contribution in [3.8, 4) is 0 Å². The summed E-state index contributed by atoms with van der Waals surface area (Å²) in [5.41, 5.74) is 0.746. The van der Waals surface area contributed by atoms with E-state index < -0.39 is 12.0 Å². The zero-order chi connectivity index (χ0) is 13.5. The van der Waals surface area contributed by atoms with Gasteiger partial charge in [-0.1, -0.05) is 12.1 Å². The third-order valence-corrected chi connectivity index (χ3v) is 4.11. The molecule has 0 aliphatic rings. The molecule has 0 heterocycles. The van der Waals surface area contributed by atoms with Crippen molar-refractivity contribution in [3.63, 3.8) is 0 Å². The van der Waals surface area contributed by atoms with Crippen LogP contribution in [0.2, 0.25) is 0 Å². The summed E-state index contributed by atoms with van der Waals surface area (Å²) in [4.78, 5) is 21.0. The molecule has 1 rings (SSSR count). The second-order valence-corrected chi connectivity index (χ2v) is 5.23. The van der Waals surface area contributed by atoms with Crippen LogP contribution in [0.3, 0.4) is 0 Å². The average Bonchev–Trinajstić information content (AvgIpc) is 2.33.